The van der Waals surface area contributed by atoms with Gasteiger partial charge in [-0.2, -0.15) is 0 Å². The van der Waals surface area contributed by atoms with Gasteiger partial charge in [-0.3, -0.25) is 20.4 Å². The molecule has 282 valence electrons. The van der Waals surface area contributed by atoms with Gasteiger partial charge in [0.05, 0.1) is 13.2 Å². The Morgan fingerprint density at radius 2 is 0.620 bits per heavy atom. The number of rotatable bonds is 32. The summed E-state index contributed by atoms with van der Waals surface area (Å²) in [5, 5.41) is 0. The van der Waals surface area contributed by atoms with Crippen LogP contribution in [0.5, 0.6) is 11.5 Å². The number of nitrogens with one attached hydrogen (secondary N) is 2. The second-order valence-electron chi connectivity index (χ2n) is 14.1. The molecule has 0 heterocycles. The van der Waals surface area contributed by atoms with E-state index in [0.717, 1.165) is 24.3 Å². The van der Waals surface area contributed by atoms with Crippen molar-refractivity contribution in [1.29, 1.82) is 0 Å². The van der Waals surface area contributed by atoms with Gasteiger partial charge in [0.2, 0.25) is 0 Å². The molecule has 0 aliphatic carbocycles. The summed E-state index contributed by atoms with van der Waals surface area (Å²) in [6, 6.07) is 14.0. The summed E-state index contributed by atoms with van der Waals surface area (Å²) in [6.45, 7) is 5.90. The fourth-order valence-corrected chi connectivity index (χ4v) is 6.28. The number of carbonyl (C=O) groups is 2. The van der Waals surface area contributed by atoms with Crippen LogP contribution in [0, 0.1) is 0 Å². The van der Waals surface area contributed by atoms with Crippen molar-refractivity contribution >= 4 is 11.8 Å². The Balaban J connectivity index is 1.45. The molecule has 2 aromatic rings. The molecule has 2 rings (SSSR count). The van der Waals surface area contributed by atoms with Crippen LogP contribution < -0.4 is 20.3 Å². The maximum Gasteiger partial charge on any atom is 0.269 e. The average molecular weight is 693 g/mol. The third kappa shape index (κ3) is 22.6. The molecule has 0 unspecified atom stereocenters. The van der Waals surface area contributed by atoms with Gasteiger partial charge in [-0.05, 0) is 61.4 Å². The van der Waals surface area contributed by atoms with Crippen LogP contribution in [0.25, 0.3) is 0 Å². The molecule has 0 aliphatic rings. The number of hydrazine groups is 1. The second-order valence-corrected chi connectivity index (χ2v) is 14.1. The number of unbranched alkanes of at least 4 members (excludes halogenated alkanes) is 24. The van der Waals surface area contributed by atoms with Gasteiger partial charge in [0.15, 0.2) is 0 Å². The molecule has 0 atom stereocenters. The van der Waals surface area contributed by atoms with Crippen LogP contribution in [-0.2, 0) is 0 Å². The Morgan fingerprint density at radius 3 is 0.880 bits per heavy atom. The number of carbonyl (C=O) groups excluding carboxylic acids is 2. The van der Waals surface area contributed by atoms with Gasteiger partial charge in [-0.15, -0.1) is 0 Å². The van der Waals surface area contributed by atoms with Crippen LogP contribution in [0.3, 0.4) is 0 Å². The van der Waals surface area contributed by atoms with Crippen molar-refractivity contribution in [2.45, 2.75) is 181 Å². The fraction of sp³-hybridized carbons (Fsp3) is 0.682. The molecular weight excluding hydrogens is 620 g/mol. The normalized spacial score (nSPS) is 11.0. The highest BCUT2D eigenvalue weighted by molar-refractivity contribution is 5.99. The zero-order valence-corrected chi connectivity index (χ0v) is 32.1. The minimum absolute atomic E-state index is 0.376. The number of hydrogen-bond acceptors (Lipinski definition) is 4. The van der Waals surface area contributed by atoms with E-state index in [4.69, 9.17) is 9.47 Å². The lowest BCUT2D eigenvalue weighted by Crippen LogP contribution is -2.41. The molecular formula is C44H72N2O4. The van der Waals surface area contributed by atoms with Crippen LogP contribution in [0.1, 0.15) is 202 Å². The van der Waals surface area contributed by atoms with Crippen LogP contribution in [0.4, 0.5) is 0 Å². The Bertz CT molecular complexity index is 1090. The lowest BCUT2D eigenvalue weighted by molar-refractivity contribution is 0.0846. The first kappa shape index (κ1) is 43.1. The van der Waals surface area contributed by atoms with Crippen LogP contribution in [0.2, 0.25) is 0 Å². The van der Waals surface area contributed by atoms with Gasteiger partial charge in [-0.25, -0.2) is 0 Å². The third-order valence-electron chi connectivity index (χ3n) is 9.56. The molecule has 0 aliphatic heterocycles. The molecule has 0 fully saturated rings. The molecule has 0 radical (unpaired) electrons. The molecule has 6 nitrogen and oxygen atoms in total. The minimum atomic E-state index is -0.377. The van der Waals surface area contributed by atoms with Gasteiger partial charge in [0, 0.05) is 11.1 Å². The molecule has 50 heavy (non-hydrogen) atoms. The number of amides is 2. The van der Waals surface area contributed by atoms with Crippen molar-refractivity contribution in [1.82, 2.24) is 10.9 Å². The molecule has 0 bridgehead atoms. The van der Waals surface area contributed by atoms with Gasteiger partial charge in [-0.1, -0.05) is 168 Å². The minimum Gasteiger partial charge on any atom is -0.494 e. The topological polar surface area (TPSA) is 76.7 Å². The first-order chi connectivity index (χ1) is 24.6. The van der Waals surface area contributed by atoms with Crippen molar-refractivity contribution in [3.8, 4) is 11.5 Å². The summed E-state index contributed by atoms with van der Waals surface area (Å²) >= 11 is 0. The van der Waals surface area contributed by atoms with Crippen LogP contribution in [-0.4, -0.2) is 25.0 Å². The highest BCUT2D eigenvalue weighted by atomic mass is 16.5. The van der Waals surface area contributed by atoms with E-state index in [-0.39, 0.29) is 11.8 Å². The molecule has 0 saturated carbocycles. The number of hydrogen-bond donors (Lipinski definition) is 2. The lowest BCUT2D eigenvalue weighted by atomic mass is 10.0. The molecule has 0 aromatic heterocycles. The van der Waals surface area contributed by atoms with Crippen LogP contribution >= 0.6 is 0 Å². The van der Waals surface area contributed by atoms with Gasteiger partial charge < -0.3 is 9.47 Å². The predicted molar refractivity (Wildman–Crippen MR) is 210 cm³/mol. The SMILES string of the molecule is CCCCCCCCCCCCCCCCCCOc1ccc(C(=O)NNC(=O)c2ccc(OCCCCCCCCCCCC)cc2)cc1. The summed E-state index contributed by atoms with van der Waals surface area (Å²) in [7, 11) is 0. The number of ether oxygens (including phenoxy) is 2. The Hall–Kier alpha value is -3.02. The largest absolute Gasteiger partial charge is 0.494 e. The molecule has 0 saturated heterocycles. The fourth-order valence-electron chi connectivity index (χ4n) is 6.28. The predicted octanol–water partition coefficient (Wildman–Crippen LogP) is 12.7. The zero-order valence-electron chi connectivity index (χ0n) is 32.1. The Morgan fingerprint density at radius 1 is 0.380 bits per heavy atom. The summed E-state index contributed by atoms with van der Waals surface area (Å²) in [5.74, 6) is 0.748. The van der Waals surface area contributed by atoms with E-state index in [1.807, 2.05) is 0 Å². The molecule has 2 aromatic carbocycles. The highest BCUT2D eigenvalue weighted by Crippen LogP contribution is 2.17. The first-order valence-electron chi connectivity index (χ1n) is 20.7. The van der Waals surface area contributed by atoms with E-state index in [9.17, 15) is 9.59 Å². The molecule has 0 spiro atoms. The molecule has 6 heteroatoms. The van der Waals surface area contributed by atoms with Crippen molar-refractivity contribution in [2.75, 3.05) is 13.2 Å². The molecule has 2 amide bonds. The summed E-state index contributed by atoms with van der Waals surface area (Å²) in [6.07, 6.45) is 34.6. The maximum absolute atomic E-state index is 12.6. The summed E-state index contributed by atoms with van der Waals surface area (Å²) in [5.41, 5.74) is 5.91. The van der Waals surface area contributed by atoms with Crippen molar-refractivity contribution in [3.05, 3.63) is 59.7 Å². The maximum atomic E-state index is 12.6. The van der Waals surface area contributed by atoms with E-state index < -0.39 is 0 Å². The van der Waals surface area contributed by atoms with Crippen LogP contribution in [0.15, 0.2) is 48.5 Å². The van der Waals surface area contributed by atoms with Crippen molar-refractivity contribution in [2.24, 2.45) is 0 Å². The zero-order chi connectivity index (χ0) is 35.7. The standard InChI is InChI=1S/C44H72N2O4/c1-3-5-7-9-11-13-15-16-17-18-19-20-22-24-26-28-38-50-42-35-31-40(32-36-42)44(48)46-45-43(47)39-29-33-41(34-30-39)49-37-27-25-23-21-14-12-10-8-6-4-2/h29-36H,3-28,37-38H2,1-2H3,(H,45,47)(H,46,48). The number of benzene rings is 2. The quantitative estimate of drug-likeness (QED) is 0.0591. The average Bonchev–Trinajstić information content (AvgIpc) is 3.14. The van der Waals surface area contributed by atoms with Crippen molar-refractivity contribution < 1.29 is 19.1 Å². The van der Waals surface area contributed by atoms with E-state index in [1.54, 1.807) is 48.5 Å². The molecule has 2 N–H and O–H groups in total. The summed E-state index contributed by atoms with van der Waals surface area (Å²) < 4.78 is 11.7. The van der Waals surface area contributed by atoms with E-state index in [0.29, 0.717) is 24.3 Å². The van der Waals surface area contributed by atoms with Gasteiger partial charge in [0.25, 0.3) is 11.8 Å². The first-order valence-corrected chi connectivity index (χ1v) is 20.7. The van der Waals surface area contributed by atoms with Gasteiger partial charge in [0.1, 0.15) is 11.5 Å². The van der Waals surface area contributed by atoms with Crippen molar-refractivity contribution in [3.63, 3.8) is 0 Å². The van der Waals surface area contributed by atoms with Gasteiger partial charge >= 0.3 is 0 Å². The van der Waals surface area contributed by atoms with E-state index >= 15 is 0 Å². The lowest BCUT2D eigenvalue weighted by Gasteiger charge is -2.10. The highest BCUT2D eigenvalue weighted by Gasteiger charge is 2.10. The monoisotopic (exact) mass is 693 g/mol. The Kier molecular flexibility index (Phi) is 26.6. The van der Waals surface area contributed by atoms with E-state index in [2.05, 4.69) is 24.7 Å². The second kappa shape index (κ2) is 30.8. The Labute approximate surface area is 306 Å². The smallest absolute Gasteiger partial charge is 0.269 e. The summed E-state index contributed by atoms with van der Waals surface area (Å²) in [4.78, 5) is 25.1. The van der Waals surface area contributed by atoms with E-state index in [1.165, 1.54) is 154 Å². The third-order valence-corrected chi connectivity index (χ3v) is 9.56.